The molecule has 2 rings (SSSR count). The number of hydrogen-bond donors (Lipinski definition) is 1. The predicted octanol–water partition coefficient (Wildman–Crippen LogP) is 1.56. The Kier molecular flexibility index (Phi) is 3.16. The van der Waals surface area contributed by atoms with E-state index < -0.39 is 33.9 Å². The van der Waals surface area contributed by atoms with Gasteiger partial charge in [-0.25, -0.2) is 4.79 Å². The van der Waals surface area contributed by atoms with Gasteiger partial charge in [-0.2, -0.15) is 4.39 Å². The molecule has 0 spiro atoms. The van der Waals surface area contributed by atoms with Gasteiger partial charge in [-0.15, -0.1) is 0 Å². The third-order valence-corrected chi connectivity index (χ3v) is 3.03. The van der Waals surface area contributed by atoms with Crippen molar-refractivity contribution in [2.75, 3.05) is 0 Å². The van der Waals surface area contributed by atoms with Crippen molar-refractivity contribution in [3.8, 4) is 0 Å². The fourth-order valence-electron chi connectivity index (χ4n) is 1.96. The monoisotopic (exact) mass is 281 g/mol. The summed E-state index contributed by atoms with van der Waals surface area (Å²) in [6.07, 6.45) is 0. The molecule has 0 bridgehead atoms. The van der Waals surface area contributed by atoms with Gasteiger partial charge < -0.3 is 5.32 Å². The van der Waals surface area contributed by atoms with Gasteiger partial charge >= 0.3 is 11.7 Å². The lowest BCUT2D eigenvalue weighted by Gasteiger charge is -2.16. The van der Waals surface area contributed by atoms with Crippen LogP contribution in [0.1, 0.15) is 19.4 Å². The fraction of sp³-hybridized carbons (Fsp3) is 0.333. The number of amides is 3. The van der Waals surface area contributed by atoms with E-state index in [0.29, 0.717) is 0 Å². The molecular weight excluding hydrogens is 269 g/mol. The van der Waals surface area contributed by atoms with E-state index in [2.05, 4.69) is 5.32 Å². The van der Waals surface area contributed by atoms with Crippen molar-refractivity contribution < 1.29 is 18.9 Å². The second kappa shape index (κ2) is 4.55. The van der Waals surface area contributed by atoms with E-state index in [0.717, 1.165) is 11.0 Å². The first-order valence-corrected chi connectivity index (χ1v) is 5.80. The third kappa shape index (κ3) is 2.20. The highest BCUT2D eigenvalue weighted by atomic mass is 19.1. The molecule has 1 aromatic carbocycles. The Morgan fingerprint density at radius 2 is 2.05 bits per heavy atom. The van der Waals surface area contributed by atoms with Crippen molar-refractivity contribution in [1.29, 1.82) is 0 Å². The second-order valence-corrected chi connectivity index (χ2v) is 4.95. The largest absolute Gasteiger partial charge is 0.325 e. The maximum Gasteiger partial charge on any atom is 0.325 e. The highest BCUT2D eigenvalue weighted by molar-refractivity contribution is 6.06. The normalized spacial score (nSPS) is 17.2. The van der Waals surface area contributed by atoms with Gasteiger partial charge in [0, 0.05) is 11.6 Å². The average molecular weight is 281 g/mol. The number of halogens is 1. The van der Waals surface area contributed by atoms with Gasteiger partial charge in [0.2, 0.25) is 5.82 Å². The zero-order valence-electron chi connectivity index (χ0n) is 10.8. The number of hydrogen-bond acceptors (Lipinski definition) is 4. The summed E-state index contributed by atoms with van der Waals surface area (Å²) in [6, 6.07) is 2.98. The number of nitrogens with zero attached hydrogens (tertiary/aromatic N) is 2. The van der Waals surface area contributed by atoms with Crippen molar-refractivity contribution in [3.63, 3.8) is 0 Å². The number of rotatable bonds is 3. The van der Waals surface area contributed by atoms with Gasteiger partial charge in [-0.05, 0) is 13.8 Å². The molecule has 1 fully saturated rings. The Morgan fingerprint density at radius 3 is 2.55 bits per heavy atom. The van der Waals surface area contributed by atoms with Crippen LogP contribution in [0.2, 0.25) is 0 Å². The first kappa shape index (κ1) is 13.9. The summed E-state index contributed by atoms with van der Waals surface area (Å²) < 4.78 is 13.9. The minimum atomic E-state index is -1.06. The van der Waals surface area contributed by atoms with Crippen molar-refractivity contribution in [1.82, 2.24) is 10.2 Å². The number of carbonyl (C=O) groups is 2. The molecule has 1 heterocycles. The van der Waals surface area contributed by atoms with Gasteiger partial charge in [0.25, 0.3) is 5.91 Å². The molecule has 1 aliphatic rings. The van der Waals surface area contributed by atoms with Crippen LogP contribution in [-0.4, -0.2) is 27.3 Å². The first-order chi connectivity index (χ1) is 9.24. The Labute approximate surface area is 113 Å². The van der Waals surface area contributed by atoms with Crippen LogP contribution in [0.15, 0.2) is 18.2 Å². The molecular formula is C12H12FN3O4. The summed E-state index contributed by atoms with van der Waals surface area (Å²) in [4.78, 5) is 34.3. The molecule has 106 valence electrons. The van der Waals surface area contributed by atoms with Gasteiger partial charge in [0.15, 0.2) is 0 Å². The quantitative estimate of drug-likeness (QED) is 0.517. The minimum absolute atomic E-state index is 0.0830. The predicted molar refractivity (Wildman–Crippen MR) is 66.2 cm³/mol. The SMILES string of the molecule is CC1(C)NC(=O)N(Cc2cccc([N+](=O)[O-])c2F)C1=O. The Balaban J connectivity index is 2.32. The molecule has 0 unspecified atom stereocenters. The van der Waals surface area contributed by atoms with E-state index in [4.69, 9.17) is 0 Å². The van der Waals surface area contributed by atoms with E-state index in [1.54, 1.807) is 0 Å². The average Bonchev–Trinajstić information content (AvgIpc) is 2.53. The Bertz CT molecular complexity index is 615. The van der Waals surface area contributed by atoms with Crippen molar-refractivity contribution in [3.05, 3.63) is 39.7 Å². The highest BCUT2D eigenvalue weighted by Crippen LogP contribution is 2.24. The third-order valence-electron chi connectivity index (χ3n) is 3.03. The summed E-state index contributed by atoms with van der Waals surface area (Å²) in [5, 5.41) is 13.1. The topological polar surface area (TPSA) is 92.6 Å². The van der Waals surface area contributed by atoms with Gasteiger partial charge in [-0.3, -0.25) is 19.8 Å². The van der Waals surface area contributed by atoms with Gasteiger partial charge in [0.05, 0.1) is 11.5 Å². The zero-order chi connectivity index (χ0) is 15.1. The zero-order valence-corrected chi connectivity index (χ0v) is 10.8. The van der Waals surface area contributed by atoms with Crippen molar-refractivity contribution in [2.45, 2.75) is 25.9 Å². The molecule has 20 heavy (non-hydrogen) atoms. The number of imide groups is 1. The van der Waals surface area contributed by atoms with Crippen LogP contribution >= 0.6 is 0 Å². The standard InChI is InChI=1S/C12H12FN3O4/c1-12(2)10(17)15(11(18)14-12)6-7-4-3-5-8(9(7)13)16(19)20/h3-5H,6H2,1-2H3,(H,14,18). The molecule has 3 amide bonds. The Hall–Kier alpha value is -2.51. The summed E-state index contributed by atoms with van der Waals surface area (Å²) in [7, 11) is 0. The molecule has 0 aliphatic carbocycles. The molecule has 8 heteroatoms. The van der Waals surface area contributed by atoms with Crippen molar-refractivity contribution in [2.24, 2.45) is 0 Å². The molecule has 1 N–H and O–H groups in total. The number of nitro groups is 1. The van der Waals surface area contributed by atoms with Crippen LogP contribution in [0.25, 0.3) is 0 Å². The number of urea groups is 1. The molecule has 0 radical (unpaired) electrons. The summed E-state index contributed by atoms with van der Waals surface area (Å²) in [6.45, 7) is 2.70. The number of nitrogens with one attached hydrogen (secondary N) is 1. The highest BCUT2D eigenvalue weighted by Gasteiger charge is 2.44. The molecule has 1 aromatic rings. The van der Waals surface area contributed by atoms with Crippen LogP contribution in [0, 0.1) is 15.9 Å². The Morgan fingerprint density at radius 1 is 1.40 bits per heavy atom. The number of nitro benzene ring substituents is 1. The van der Waals surface area contributed by atoms with Crippen LogP contribution in [-0.2, 0) is 11.3 Å². The van der Waals surface area contributed by atoms with E-state index in [-0.39, 0.29) is 12.1 Å². The van der Waals surface area contributed by atoms with E-state index >= 15 is 0 Å². The fourth-order valence-corrected chi connectivity index (χ4v) is 1.96. The summed E-state index contributed by atoms with van der Waals surface area (Å²) >= 11 is 0. The van der Waals surface area contributed by atoms with Crippen LogP contribution < -0.4 is 5.32 Å². The summed E-state index contributed by atoms with van der Waals surface area (Å²) in [5.41, 5.74) is -1.83. The first-order valence-electron chi connectivity index (χ1n) is 5.80. The molecule has 7 nitrogen and oxygen atoms in total. The van der Waals surface area contributed by atoms with E-state index in [1.165, 1.54) is 26.0 Å². The van der Waals surface area contributed by atoms with E-state index in [1.807, 2.05) is 0 Å². The van der Waals surface area contributed by atoms with Crippen LogP contribution in [0.3, 0.4) is 0 Å². The summed E-state index contributed by atoms with van der Waals surface area (Å²) in [5.74, 6) is -1.55. The van der Waals surface area contributed by atoms with Gasteiger partial charge in [0.1, 0.15) is 5.54 Å². The maximum atomic E-state index is 13.9. The smallest absolute Gasteiger partial charge is 0.324 e. The number of benzene rings is 1. The molecule has 0 aromatic heterocycles. The minimum Gasteiger partial charge on any atom is -0.324 e. The van der Waals surface area contributed by atoms with Crippen LogP contribution in [0.4, 0.5) is 14.9 Å². The van der Waals surface area contributed by atoms with Crippen LogP contribution in [0.5, 0.6) is 0 Å². The second-order valence-electron chi connectivity index (χ2n) is 4.95. The van der Waals surface area contributed by atoms with E-state index in [9.17, 15) is 24.1 Å². The molecule has 1 saturated heterocycles. The van der Waals surface area contributed by atoms with Crippen molar-refractivity contribution >= 4 is 17.6 Å². The molecule has 1 aliphatic heterocycles. The number of carbonyl (C=O) groups excluding carboxylic acids is 2. The van der Waals surface area contributed by atoms with Gasteiger partial charge in [-0.1, -0.05) is 12.1 Å². The lowest BCUT2D eigenvalue weighted by molar-refractivity contribution is -0.387. The molecule has 0 atom stereocenters. The lowest BCUT2D eigenvalue weighted by atomic mass is 10.1. The molecule has 0 saturated carbocycles. The lowest BCUT2D eigenvalue weighted by Crippen LogP contribution is -2.40. The maximum absolute atomic E-state index is 13.9.